The summed E-state index contributed by atoms with van der Waals surface area (Å²) < 4.78 is 1.89. The fraction of sp³-hybridized carbons (Fsp3) is 0.450. The number of nitrogens with one attached hydrogen (secondary N) is 1. The molecule has 4 nitrogen and oxygen atoms in total. The van der Waals surface area contributed by atoms with Crippen LogP contribution in [0.25, 0.3) is 10.9 Å². The lowest BCUT2D eigenvalue weighted by Gasteiger charge is -2.31. The molecule has 1 aliphatic rings. The molecule has 0 radical (unpaired) electrons. The first-order chi connectivity index (χ1) is 11.7. The third-order valence-corrected chi connectivity index (χ3v) is 5.37. The van der Waals surface area contributed by atoms with E-state index in [4.69, 9.17) is 0 Å². The summed E-state index contributed by atoms with van der Waals surface area (Å²) in [7, 11) is 1.98. The first-order valence-corrected chi connectivity index (χ1v) is 8.96. The average molecular weight is 322 g/mol. The van der Waals surface area contributed by atoms with Crippen molar-refractivity contribution in [3.63, 3.8) is 0 Å². The molecule has 3 heterocycles. The smallest absolute Gasteiger partial charge is 0.0522 e. The summed E-state index contributed by atoms with van der Waals surface area (Å²) in [5.41, 5.74) is 5.47. The Bertz CT molecular complexity index is 821. The number of benzene rings is 1. The molecule has 3 aromatic rings. The van der Waals surface area contributed by atoms with Gasteiger partial charge in [-0.05, 0) is 68.5 Å². The number of hydrogen-bond donors (Lipinski definition) is 1. The van der Waals surface area contributed by atoms with Crippen molar-refractivity contribution in [2.75, 3.05) is 19.6 Å². The molecule has 4 heteroatoms. The van der Waals surface area contributed by atoms with Gasteiger partial charge in [0.1, 0.15) is 0 Å². The molecule has 0 atom stereocenters. The van der Waals surface area contributed by atoms with Crippen LogP contribution in [0.5, 0.6) is 0 Å². The number of piperidine rings is 1. The van der Waals surface area contributed by atoms with Crippen molar-refractivity contribution in [2.24, 2.45) is 7.05 Å². The molecule has 2 aromatic heterocycles. The Balaban J connectivity index is 1.37. The predicted octanol–water partition coefficient (Wildman–Crippen LogP) is 3.63. The molecular weight excluding hydrogens is 296 g/mol. The van der Waals surface area contributed by atoms with E-state index in [2.05, 4.69) is 52.5 Å². The monoisotopic (exact) mass is 322 g/mol. The van der Waals surface area contributed by atoms with Gasteiger partial charge in [-0.2, -0.15) is 5.10 Å². The molecule has 0 saturated carbocycles. The Morgan fingerprint density at radius 1 is 1.25 bits per heavy atom. The van der Waals surface area contributed by atoms with E-state index in [1.165, 1.54) is 53.5 Å². The van der Waals surface area contributed by atoms with Gasteiger partial charge in [0.2, 0.25) is 0 Å². The third-order valence-electron chi connectivity index (χ3n) is 5.37. The quantitative estimate of drug-likeness (QED) is 0.796. The Labute approximate surface area is 143 Å². The molecule has 126 valence electrons. The number of H-pyrrole nitrogens is 1. The van der Waals surface area contributed by atoms with Gasteiger partial charge in [-0.1, -0.05) is 11.6 Å². The second-order valence-corrected chi connectivity index (χ2v) is 7.18. The number of aryl methyl sites for hydroxylation is 2. The Morgan fingerprint density at radius 2 is 2.08 bits per heavy atom. The van der Waals surface area contributed by atoms with Gasteiger partial charge in [0.05, 0.1) is 6.20 Å². The highest BCUT2D eigenvalue weighted by Gasteiger charge is 2.22. The number of nitrogens with zero attached hydrogens (tertiary/aromatic N) is 3. The number of fused-ring (bicyclic) bond motifs is 1. The van der Waals surface area contributed by atoms with Gasteiger partial charge >= 0.3 is 0 Å². The van der Waals surface area contributed by atoms with Gasteiger partial charge in [-0.3, -0.25) is 4.68 Å². The second kappa shape index (κ2) is 6.44. The van der Waals surface area contributed by atoms with Crippen molar-refractivity contribution < 1.29 is 0 Å². The summed E-state index contributed by atoms with van der Waals surface area (Å²) >= 11 is 0. The zero-order valence-electron chi connectivity index (χ0n) is 14.6. The van der Waals surface area contributed by atoms with E-state index in [0.717, 1.165) is 13.0 Å². The van der Waals surface area contributed by atoms with E-state index in [0.29, 0.717) is 5.92 Å². The molecule has 1 fully saturated rings. The topological polar surface area (TPSA) is 36.9 Å². The van der Waals surface area contributed by atoms with E-state index in [9.17, 15) is 0 Å². The lowest BCUT2D eigenvalue weighted by atomic mass is 9.89. The lowest BCUT2D eigenvalue weighted by molar-refractivity contribution is 0.215. The standard InChI is InChI=1S/C20H26N4/c1-15-3-4-20-18(11-15)19(13-21-20)17-6-9-24(10-7-17)8-5-16-12-22-23(2)14-16/h3-4,11-14,17,21H,5-10H2,1-2H3. The van der Waals surface area contributed by atoms with Gasteiger partial charge < -0.3 is 9.88 Å². The van der Waals surface area contributed by atoms with E-state index >= 15 is 0 Å². The van der Waals surface area contributed by atoms with Crippen molar-refractivity contribution >= 4 is 10.9 Å². The van der Waals surface area contributed by atoms with Crippen LogP contribution in [0.3, 0.4) is 0 Å². The van der Waals surface area contributed by atoms with Crippen molar-refractivity contribution in [1.29, 1.82) is 0 Å². The minimum absolute atomic E-state index is 0.690. The average Bonchev–Trinajstić information content (AvgIpc) is 3.19. The molecule has 1 aliphatic heterocycles. The van der Waals surface area contributed by atoms with Crippen molar-refractivity contribution in [3.8, 4) is 0 Å². The second-order valence-electron chi connectivity index (χ2n) is 7.18. The fourth-order valence-corrected chi connectivity index (χ4v) is 3.95. The maximum Gasteiger partial charge on any atom is 0.0522 e. The summed E-state index contributed by atoms with van der Waals surface area (Å²) in [6, 6.07) is 6.72. The van der Waals surface area contributed by atoms with Crippen LogP contribution in [0, 0.1) is 6.92 Å². The summed E-state index contributed by atoms with van der Waals surface area (Å²) in [5, 5.41) is 5.68. The highest BCUT2D eigenvalue weighted by Crippen LogP contribution is 2.33. The minimum atomic E-state index is 0.690. The third kappa shape index (κ3) is 3.11. The molecule has 1 N–H and O–H groups in total. The number of likely N-dealkylation sites (tertiary alicyclic amines) is 1. The van der Waals surface area contributed by atoms with Crippen LogP contribution >= 0.6 is 0 Å². The molecule has 0 bridgehead atoms. The number of aromatic nitrogens is 3. The van der Waals surface area contributed by atoms with E-state index in [1.807, 2.05) is 17.9 Å². The summed E-state index contributed by atoms with van der Waals surface area (Å²) in [6.45, 7) is 5.72. The molecule has 4 rings (SSSR count). The van der Waals surface area contributed by atoms with E-state index in [1.54, 1.807) is 0 Å². The Kier molecular flexibility index (Phi) is 4.15. The highest BCUT2D eigenvalue weighted by molar-refractivity contribution is 5.84. The lowest BCUT2D eigenvalue weighted by Crippen LogP contribution is -2.34. The summed E-state index contributed by atoms with van der Waals surface area (Å²) in [4.78, 5) is 6.05. The maximum absolute atomic E-state index is 4.26. The van der Waals surface area contributed by atoms with Gasteiger partial charge in [-0.15, -0.1) is 0 Å². The number of hydrogen-bond acceptors (Lipinski definition) is 2. The van der Waals surface area contributed by atoms with Crippen LogP contribution in [-0.2, 0) is 13.5 Å². The van der Waals surface area contributed by atoms with Crippen LogP contribution in [0.2, 0.25) is 0 Å². The Morgan fingerprint density at radius 3 is 2.83 bits per heavy atom. The van der Waals surface area contributed by atoms with Crippen molar-refractivity contribution in [3.05, 3.63) is 53.5 Å². The summed E-state index contributed by atoms with van der Waals surface area (Å²) in [6.07, 6.45) is 9.97. The first-order valence-electron chi connectivity index (χ1n) is 8.96. The molecule has 0 aliphatic carbocycles. The molecule has 1 aromatic carbocycles. The minimum Gasteiger partial charge on any atom is -0.361 e. The van der Waals surface area contributed by atoms with Gasteiger partial charge in [0.15, 0.2) is 0 Å². The summed E-state index contributed by atoms with van der Waals surface area (Å²) in [5.74, 6) is 0.690. The Hall–Kier alpha value is -2.07. The van der Waals surface area contributed by atoms with Gasteiger partial charge in [0.25, 0.3) is 0 Å². The van der Waals surface area contributed by atoms with Crippen LogP contribution in [0.1, 0.15) is 35.4 Å². The van der Waals surface area contributed by atoms with Gasteiger partial charge in [0, 0.05) is 36.9 Å². The first kappa shape index (κ1) is 15.5. The fourth-order valence-electron chi connectivity index (χ4n) is 3.95. The highest BCUT2D eigenvalue weighted by atomic mass is 15.2. The van der Waals surface area contributed by atoms with Crippen LogP contribution in [-0.4, -0.2) is 39.3 Å². The van der Waals surface area contributed by atoms with Crippen molar-refractivity contribution in [1.82, 2.24) is 19.7 Å². The molecular formula is C20H26N4. The maximum atomic E-state index is 4.26. The predicted molar refractivity (Wildman–Crippen MR) is 98.4 cm³/mol. The van der Waals surface area contributed by atoms with Gasteiger partial charge in [-0.25, -0.2) is 0 Å². The van der Waals surface area contributed by atoms with Crippen LogP contribution in [0.4, 0.5) is 0 Å². The normalized spacial score (nSPS) is 16.9. The van der Waals surface area contributed by atoms with E-state index < -0.39 is 0 Å². The van der Waals surface area contributed by atoms with E-state index in [-0.39, 0.29) is 0 Å². The SMILES string of the molecule is Cc1ccc2[nH]cc(C3CCN(CCc4cnn(C)c4)CC3)c2c1. The number of rotatable bonds is 4. The molecule has 0 unspecified atom stereocenters. The van der Waals surface area contributed by atoms with Crippen LogP contribution in [0.15, 0.2) is 36.8 Å². The zero-order valence-corrected chi connectivity index (χ0v) is 14.6. The molecule has 1 saturated heterocycles. The largest absolute Gasteiger partial charge is 0.361 e. The zero-order chi connectivity index (χ0) is 16.5. The molecule has 0 spiro atoms. The van der Waals surface area contributed by atoms with Crippen molar-refractivity contribution in [2.45, 2.75) is 32.1 Å². The number of aromatic amines is 1. The molecule has 24 heavy (non-hydrogen) atoms. The molecule has 0 amide bonds. The van der Waals surface area contributed by atoms with Crippen LogP contribution < -0.4 is 0 Å².